The van der Waals surface area contributed by atoms with E-state index in [1.165, 1.54) is 0 Å². The molecule has 5 heteroatoms. The average Bonchev–Trinajstić information content (AvgIpc) is 2.42. The molecule has 3 nitrogen and oxygen atoms in total. The molecule has 0 spiro atoms. The Bertz CT molecular complexity index is 711. The number of hydrogen-bond donors (Lipinski definition) is 2. The van der Waals surface area contributed by atoms with Crippen molar-refractivity contribution < 1.29 is 23.8 Å². The van der Waals surface area contributed by atoms with Crippen LogP contribution < -0.4 is 0 Å². The first-order chi connectivity index (χ1) is 9.82. The molecule has 2 N–H and O–H groups in total. The molecule has 110 valence electrons. The fraction of sp³-hybridized carbons (Fsp3) is 0.188. The van der Waals surface area contributed by atoms with Gasteiger partial charge in [-0.15, -0.1) is 0 Å². The van der Waals surface area contributed by atoms with Gasteiger partial charge in [0.2, 0.25) is 0 Å². The maximum Gasteiger partial charge on any atom is 0.336 e. The molecular weight excluding hydrogens is 278 g/mol. The highest BCUT2D eigenvalue weighted by molar-refractivity contribution is 5.92. The molecule has 2 aromatic rings. The molecule has 21 heavy (non-hydrogen) atoms. The van der Waals surface area contributed by atoms with Gasteiger partial charge in [0.05, 0.1) is 5.56 Å². The van der Waals surface area contributed by atoms with Crippen LogP contribution in [0.5, 0.6) is 0 Å². The summed E-state index contributed by atoms with van der Waals surface area (Å²) in [5.41, 5.74) is 0.637. The molecule has 0 heterocycles. The average molecular weight is 292 g/mol. The van der Waals surface area contributed by atoms with Gasteiger partial charge in [0, 0.05) is 11.1 Å². The number of carbonyl (C=O) groups is 1. The molecule has 0 fully saturated rings. The van der Waals surface area contributed by atoms with Crippen LogP contribution in [0.25, 0.3) is 0 Å². The monoisotopic (exact) mass is 292 g/mol. The van der Waals surface area contributed by atoms with Crippen LogP contribution in [0.3, 0.4) is 0 Å². The van der Waals surface area contributed by atoms with E-state index in [9.17, 15) is 23.8 Å². The molecular formula is C16H14F2O3. The van der Waals surface area contributed by atoms with Crippen molar-refractivity contribution in [3.63, 3.8) is 0 Å². The number of aryl methyl sites for hydroxylation is 2. The fourth-order valence-electron chi connectivity index (χ4n) is 2.35. The lowest BCUT2D eigenvalue weighted by Crippen LogP contribution is -2.13. The lowest BCUT2D eigenvalue weighted by atomic mass is 9.90. The zero-order chi connectivity index (χ0) is 15.7. The second kappa shape index (κ2) is 5.61. The number of carboxylic acid groups (broad SMARTS) is 1. The number of halogens is 2. The predicted molar refractivity (Wildman–Crippen MR) is 73.3 cm³/mol. The van der Waals surface area contributed by atoms with Gasteiger partial charge in [0.25, 0.3) is 0 Å². The molecule has 2 aromatic carbocycles. The van der Waals surface area contributed by atoms with Gasteiger partial charge in [0.1, 0.15) is 17.7 Å². The minimum absolute atomic E-state index is 0.0759. The van der Waals surface area contributed by atoms with Crippen LogP contribution in [0.4, 0.5) is 8.78 Å². The Morgan fingerprint density at radius 2 is 1.71 bits per heavy atom. The van der Waals surface area contributed by atoms with E-state index < -0.39 is 23.7 Å². The summed E-state index contributed by atoms with van der Waals surface area (Å²) in [5.74, 6) is -2.71. The highest BCUT2D eigenvalue weighted by Gasteiger charge is 2.25. The first-order valence-corrected chi connectivity index (χ1v) is 6.29. The third kappa shape index (κ3) is 2.78. The standard InChI is InChI=1S/C16H14F2O3/c1-8-3-4-9(2)14(16(20)21)13(8)15(19)11-7-10(17)5-6-12(11)18/h3-7,15,19H,1-2H3,(H,20,21). The molecule has 1 atom stereocenters. The summed E-state index contributed by atoms with van der Waals surface area (Å²) < 4.78 is 27.1. The SMILES string of the molecule is Cc1ccc(C)c(C(O)c2cc(F)ccc2F)c1C(=O)O. The number of aliphatic hydroxyl groups excluding tert-OH is 1. The number of aliphatic hydroxyl groups is 1. The minimum Gasteiger partial charge on any atom is -0.478 e. The van der Waals surface area contributed by atoms with Gasteiger partial charge >= 0.3 is 5.97 Å². The molecule has 0 bridgehead atoms. The van der Waals surface area contributed by atoms with Gasteiger partial charge < -0.3 is 10.2 Å². The topological polar surface area (TPSA) is 57.5 Å². The van der Waals surface area contributed by atoms with Crippen molar-refractivity contribution in [1.82, 2.24) is 0 Å². The highest BCUT2D eigenvalue weighted by Crippen LogP contribution is 2.31. The highest BCUT2D eigenvalue weighted by atomic mass is 19.1. The van der Waals surface area contributed by atoms with Crippen LogP contribution >= 0.6 is 0 Å². The molecule has 0 saturated heterocycles. The van der Waals surface area contributed by atoms with Crippen LogP contribution in [0.15, 0.2) is 30.3 Å². The van der Waals surface area contributed by atoms with Gasteiger partial charge in [-0.1, -0.05) is 12.1 Å². The second-order valence-corrected chi connectivity index (χ2v) is 4.86. The molecule has 0 aromatic heterocycles. The van der Waals surface area contributed by atoms with E-state index in [2.05, 4.69) is 0 Å². The number of carboxylic acids is 1. The quantitative estimate of drug-likeness (QED) is 0.912. The van der Waals surface area contributed by atoms with E-state index in [0.29, 0.717) is 11.1 Å². The smallest absolute Gasteiger partial charge is 0.336 e. The summed E-state index contributed by atoms with van der Waals surface area (Å²) in [6, 6.07) is 5.95. The van der Waals surface area contributed by atoms with Gasteiger partial charge in [-0.25, -0.2) is 13.6 Å². The van der Waals surface area contributed by atoms with Crippen molar-refractivity contribution in [3.8, 4) is 0 Å². The Hall–Kier alpha value is -2.27. The van der Waals surface area contributed by atoms with Crippen LogP contribution in [-0.2, 0) is 0 Å². The minimum atomic E-state index is -1.55. The first-order valence-electron chi connectivity index (χ1n) is 6.29. The van der Waals surface area contributed by atoms with Crippen molar-refractivity contribution in [2.45, 2.75) is 20.0 Å². The summed E-state index contributed by atoms with van der Waals surface area (Å²) in [4.78, 5) is 11.4. The van der Waals surface area contributed by atoms with Crippen LogP contribution in [-0.4, -0.2) is 16.2 Å². The molecule has 0 aliphatic rings. The third-order valence-corrected chi connectivity index (χ3v) is 3.41. The molecule has 0 radical (unpaired) electrons. The number of hydrogen-bond acceptors (Lipinski definition) is 2. The Labute approximate surface area is 120 Å². The number of benzene rings is 2. The predicted octanol–water partition coefficient (Wildman–Crippen LogP) is 3.36. The Morgan fingerprint density at radius 3 is 2.33 bits per heavy atom. The van der Waals surface area contributed by atoms with E-state index in [-0.39, 0.29) is 16.7 Å². The molecule has 1 unspecified atom stereocenters. The van der Waals surface area contributed by atoms with Crippen molar-refractivity contribution in [2.24, 2.45) is 0 Å². The molecule has 2 rings (SSSR count). The summed E-state index contributed by atoms with van der Waals surface area (Å²) in [5, 5.41) is 19.7. The van der Waals surface area contributed by atoms with Crippen molar-refractivity contribution >= 4 is 5.97 Å². The largest absolute Gasteiger partial charge is 0.478 e. The zero-order valence-corrected chi connectivity index (χ0v) is 11.5. The van der Waals surface area contributed by atoms with Crippen molar-refractivity contribution in [1.29, 1.82) is 0 Å². The number of rotatable bonds is 3. The maximum absolute atomic E-state index is 13.8. The Kier molecular flexibility index (Phi) is 4.04. The summed E-state index contributed by atoms with van der Waals surface area (Å²) >= 11 is 0. The third-order valence-electron chi connectivity index (χ3n) is 3.41. The van der Waals surface area contributed by atoms with Gasteiger partial charge in [0.15, 0.2) is 0 Å². The van der Waals surface area contributed by atoms with Crippen LogP contribution in [0.1, 0.15) is 38.7 Å². The lowest BCUT2D eigenvalue weighted by Gasteiger charge is -2.19. The van der Waals surface area contributed by atoms with E-state index in [4.69, 9.17) is 0 Å². The maximum atomic E-state index is 13.8. The normalized spacial score (nSPS) is 12.2. The van der Waals surface area contributed by atoms with E-state index in [1.54, 1.807) is 26.0 Å². The van der Waals surface area contributed by atoms with Crippen molar-refractivity contribution in [3.05, 3.63) is 69.8 Å². The van der Waals surface area contributed by atoms with E-state index in [1.807, 2.05) is 0 Å². The van der Waals surface area contributed by atoms with E-state index >= 15 is 0 Å². The molecule has 0 amide bonds. The first kappa shape index (κ1) is 15.1. The number of aromatic carboxylic acids is 1. The van der Waals surface area contributed by atoms with Crippen LogP contribution in [0.2, 0.25) is 0 Å². The molecule has 0 saturated carbocycles. The Balaban J connectivity index is 2.68. The Morgan fingerprint density at radius 1 is 1.10 bits per heavy atom. The molecule has 0 aliphatic carbocycles. The molecule has 0 aliphatic heterocycles. The zero-order valence-electron chi connectivity index (χ0n) is 11.5. The summed E-state index contributed by atoms with van der Waals surface area (Å²) in [6.07, 6.45) is -1.55. The van der Waals surface area contributed by atoms with Crippen LogP contribution in [0, 0.1) is 25.5 Å². The van der Waals surface area contributed by atoms with Gasteiger partial charge in [-0.3, -0.25) is 0 Å². The van der Waals surface area contributed by atoms with Gasteiger partial charge in [-0.2, -0.15) is 0 Å². The van der Waals surface area contributed by atoms with Crippen molar-refractivity contribution in [2.75, 3.05) is 0 Å². The summed E-state index contributed by atoms with van der Waals surface area (Å²) in [6.45, 7) is 3.20. The lowest BCUT2D eigenvalue weighted by molar-refractivity contribution is 0.0690. The van der Waals surface area contributed by atoms with Gasteiger partial charge in [-0.05, 0) is 43.2 Å². The van der Waals surface area contributed by atoms with E-state index in [0.717, 1.165) is 18.2 Å². The fourth-order valence-corrected chi connectivity index (χ4v) is 2.35. The summed E-state index contributed by atoms with van der Waals surface area (Å²) in [7, 11) is 0. The second-order valence-electron chi connectivity index (χ2n) is 4.86.